The highest BCUT2D eigenvalue weighted by Gasteiger charge is 2.30. The van der Waals surface area contributed by atoms with Gasteiger partial charge in [0, 0.05) is 11.9 Å². The van der Waals surface area contributed by atoms with Crippen LogP contribution in [0.1, 0.15) is 29.8 Å². The summed E-state index contributed by atoms with van der Waals surface area (Å²) >= 11 is 0.980. The monoisotopic (exact) mass is 414 g/mol. The molecule has 0 radical (unpaired) electrons. The van der Waals surface area contributed by atoms with Gasteiger partial charge in [-0.05, 0) is 38.1 Å². The lowest BCUT2D eigenvalue weighted by Gasteiger charge is -2.13. The summed E-state index contributed by atoms with van der Waals surface area (Å²) in [5.74, 6) is -1.18. The number of alkyl halides is 3. The number of carbonyl (C=O) groups is 2. The van der Waals surface area contributed by atoms with Crippen molar-refractivity contribution in [3.63, 3.8) is 0 Å². The number of thioether (sulfide) groups is 1. The van der Waals surface area contributed by atoms with Gasteiger partial charge >= 0.3 is 12.1 Å². The molecule has 0 bridgehead atoms. The molecule has 3 N–H and O–H groups in total. The van der Waals surface area contributed by atoms with Gasteiger partial charge < -0.3 is 15.8 Å². The van der Waals surface area contributed by atoms with Crippen molar-refractivity contribution in [3.05, 3.63) is 41.6 Å². The standard InChI is InChI=1S/C17H17F3N4O3S/c1-3-27-15(26)12-8-22-16(24-13(12)21)28-9(2)14(25)23-11-6-4-10(5-7-11)17(18,19)20/h4-9H,3H2,1-2H3,(H,23,25)(H2,21,22,24). The number of anilines is 2. The lowest BCUT2D eigenvalue weighted by Crippen LogP contribution is -2.23. The normalized spacial score (nSPS) is 12.3. The zero-order valence-corrected chi connectivity index (χ0v) is 15.7. The van der Waals surface area contributed by atoms with E-state index in [0.29, 0.717) is 0 Å². The number of amides is 1. The first-order valence-electron chi connectivity index (χ1n) is 8.06. The first-order valence-corrected chi connectivity index (χ1v) is 8.94. The van der Waals surface area contributed by atoms with Crippen molar-refractivity contribution in [2.75, 3.05) is 17.7 Å². The summed E-state index contributed by atoms with van der Waals surface area (Å²) in [5, 5.41) is 2.01. The van der Waals surface area contributed by atoms with Crippen molar-refractivity contribution < 1.29 is 27.5 Å². The summed E-state index contributed by atoms with van der Waals surface area (Å²) in [6, 6.07) is 4.10. The van der Waals surface area contributed by atoms with Crippen LogP contribution in [0, 0.1) is 0 Å². The summed E-state index contributed by atoms with van der Waals surface area (Å²) in [5.41, 5.74) is 5.16. The number of rotatable bonds is 6. The van der Waals surface area contributed by atoms with Crippen LogP contribution < -0.4 is 11.1 Å². The molecule has 0 aliphatic heterocycles. The van der Waals surface area contributed by atoms with Gasteiger partial charge in [0.15, 0.2) is 5.16 Å². The Hall–Kier alpha value is -2.82. The molecular formula is C17H17F3N4O3S. The Kier molecular flexibility index (Phi) is 6.84. The molecule has 2 aromatic rings. The molecule has 1 unspecified atom stereocenters. The highest BCUT2D eigenvalue weighted by atomic mass is 32.2. The third kappa shape index (κ3) is 5.59. The Morgan fingerprint density at radius 2 is 1.93 bits per heavy atom. The summed E-state index contributed by atoms with van der Waals surface area (Å²) < 4.78 is 42.5. The van der Waals surface area contributed by atoms with Crippen molar-refractivity contribution in [1.29, 1.82) is 0 Å². The molecule has 7 nitrogen and oxygen atoms in total. The molecule has 1 aromatic heterocycles. The quantitative estimate of drug-likeness (QED) is 0.424. The van der Waals surface area contributed by atoms with Crippen LogP contribution in [0.5, 0.6) is 0 Å². The third-order valence-corrected chi connectivity index (χ3v) is 4.40. The second kappa shape index (κ2) is 8.91. The third-order valence-electron chi connectivity index (χ3n) is 3.42. The molecule has 28 heavy (non-hydrogen) atoms. The van der Waals surface area contributed by atoms with E-state index in [4.69, 9.17) is 10.5 Å². The van der Waals surface area contributed by atoms with Gasteiger partial charge in [-0.25, -0.2) is 14.8 Å². The molecule has 11 heteroatoms. The van der Waals surface area contributed by atoms with E-state index in [9.17, 15) is 22.8 Å². The fourth-order valence-electron chi connectivity index (χ4n) is 2.00. The van der Waals surface area contributed by atoms with E-state index in [-0.39, 0.29) is 28.8 Å². The Labute approximate surface area is 162 Å². The number of aromatic nitrogens is 2. The molecule has 1 amide bonds. The van der Waals surface area contributed by atoms with Gasteiger partial charge in [0.05, 0.1) is 17.4 Å². The molecule has 1 heterocycles. The van der Waals surface area contributed by atoms with Crippen LogP contribution in [0.4, 0.5) is 24.7 Å². The Balaban J connectivity index is 2.00. The average Bonchev–Trinajstić information content (AvgIpc) is 2.61. The minimum absolute atomic E-state index is 0.0214. The number of ether oxygens (including phenoxy) is 1. The lowest BCUT2D eigenvalue weighted by atomic mass is 10.2. The molecule has 0 aliphatic carbocycles. The smallest absolute Gasteiger partial charge is 0.416 e. The van der Waals surface area contributed by atoms with Crippen molar-refractivity contribution in [1.82, 2.24) is 9.97 Å². The second-order valence-electron chi connectivity index (χ2n) is 5.50. The lowest BCUT2D eigenvalue weighted by molar-refractivity contribution is -0.137. The number of halogens is 3. The van der Waals surface area contributed by atoms with Crippen molar-refractivity contribution in [3.8, 4) is 0 Å². The predicted molar refractivity (Wildman–Crippen MR) is 97.8 cm³/mol. The van der Waals surface area contributed by atoms with Crippen LogP contribution in [0.15, 0.2) is 35.6 Å². The molecule has 0 saturated carbocycles. The Morgan fingerprint density at radius 1 is 1.29 bits per heavy atom. The molecule has 0 fully saturated rings. The summed E-state index contributed by atoms with van der Waals surface area (Å²) in [4.78, 5) is 31.8. The molecular weight excluding hydrogens is 397 g/mol. The fraction of sp³-hybridized carbons (Fsp3) is 0.294. The average molecular weight is 414 g/mol. The van der Waals surface area contributed by atoms with Crippen molar-refractivity contribution >= 4 is 35.1 Å². The summed E-state index contributed by atoms with van der Waals surface area (Å²) in [6.07, 6.45) is -3.23. The topological polar surface area (TPSA) is 107 Å². The van der Waals surface area contributed by atoms with Gasteiger partial charge in [-0.3, -0.25) is 4.79 Å². The minimum atomic E-state index is -4.45. The van der Waals surface area contributed by atoms with Gasteiger partial charge in [-0.1, -0.05) is 11.8 Å². The minimum Gasteiger partial charge on any atom is -0.462 e. The van der Waals surface area contributed by atoms with E-state index in [1.54, 1.807) is 13.8 Å². The number of nitrogens with one attached hydrogen (secondary N) is 1. The Bertz CT molecular complexity index is 860. The maximum Gasteiger partial charge on any atom is 0.416 e. The molecule has 2 rings (SSSR count). The zero-order valence-electron chi connectivity index (χ0n) is 14.9. The first kappa shape index (κ1) is 21.5. The molecule has 150 valence electrons. The van der Waals surface area contributed by atoms with E-state index in [2.05, 4.69) is 15.3 Å². The van der Waals surface area contributed by atoms with Gasteiger partial charge in [-0.15, -0.1) is 0 Å². The largest absolute Gasteiger partial charge is 0.462 e. The fourth-order valence-corrected chi connectivity index (χ4v) is 2.75. The van der Waals surface area contributed by atoms with Crippen molar-refractivity contribution in [2.24, 2.45) is 0 Å². The van der Waals surface area contributed by atoms with Crippen LogP contribution in [0.3, 0.4) is 0 Å². The van der Waals surface area contributed by atoms with Crippen LogP contribution in [-0.2, 0) is 15.7 Å². The van der Waals surface area contributed by atoms with Crippen LogP contribution >= 0.6 is 11.8 Å². The molecule has 0 aliphatic rings. The van der Waals surface area contributed by atoms with Gasteiger partial charge in [0.25, 0.3) is 0 Å². The van der Waals surface area contributed by atoms with E-state index >= 15 is 0 Å². The number of esters is 1. The Morgan fingerprint density at radius 3 is 2.46 bits per heavy atom. The number of carbonyl (C=O) groups excluding carboxylic acids is 2. The summed E-state index contributed by atoms with van der Waals surface area (Å²) in [6.45, 7) is 3.40. The zero-order chi connectivity index (χ0) is 20.9. The van der Waals surface area contributed by atoms with Gasteiger partial charge in [-0.2, -0.15) is 13.2 Å². The van der Waals surface area contributed by atoms with Crippen LogP contribution in [-0.4, -0.2) is 33.7 Å². The van der Waals surface area contributed by atoms with Gasteiger partial charge in [0.1, 0.15) is 11.4 Å². The van der Waals surface area contributed by atoms with Crippen LogP contribution in [0.2, 0.25) is 0 Å². The predicted octanol–water partition coefficient (Wildman–Crippen LogP) is 3.37. The van der Waals surface area contributed by atoms with E-state index < -0.39 is 28.9 Å². The number of nitrogens with two attached hydrogens (primary N) is 1. The van der Waals surface area contributed by atoms with E-state index in [1.807, 2.05) is 0 Å². The summed E-state index contributed by atoms with van der Waals surface area (Å²) in [7, 11) is 0. The molecule has 0 spiro atoms. The molecule has 0 saturated heterocycles. The van der Waals surface area contributed by atoms with E-state index in [0.717, 1.165) is 23.9 Å². The number of hydrogen-bond acceptors (Lipinski definition) is 7. The number of nitrogen functional groups attached to an aromatic ring is 1. The SMILES string of the molecule is CCOC(=O)c1cnc(SC(C)C(=O)Nc2ccc(C(F)(F)F)cc2)nc1N. The number of nitrogens with zero attached hydrogens (tertiary/aromatic N) is 2. The van der Waals surface area contributed by atoms with Gasteiger partial charge in [0.2, 0.25) is 5.91 Å². The number of benzene rings is 1. The molecule has 1 atom stereocenters. The molecule has 1 aromatic carbocycles. The number of hydrogen-bond donors (Lipinski definition) is 2. The van der Waals surface area contributed by atoms with E-state index in [1.165, 1.54) is 18.3 Å². The van der Waals surface area contributed by atoms with Crippen LogP contribution in [0.25, 0.3) is 0 Å². The second-order valence-corrected chi connectivity index (χ2v) is 6.80. The first-order chi connectivity index (χ1) is 13.1. The maximum absolute atomic E-state index is 12.6. The highest BCUT2D eigenvalue weighted by Crippen LogP contribution is 2.30. The van der Waals surface area contributed by atoms with Crippen molar-refractivity contribution in [2.45, 2.75) is 30.4 Å². The highest BCUT2D eigenvalue weighted by molar-refractivity contribution is 8.00. The maximum atomic E-state index is 12.6.